The van der Waals surface area contributed by atoms with Crippen LogP contribution < -0.4 is 14.2 Å². The second-order valence-corrected chi connectivity index (χ2v) is 10.3. The van der Waals surface area contributed by atoms with Crippen LogP contribution in [0.25, 0.3) is 11.1 Å². The van der Waals surface area contributed by atoms with Crippen molar-refractivity contribution in [3.8, 4) is 28.4 Å². The number of carbonyl (C=O) groups excluding carboxylic acids is 1. The van der Waals surface area contributed by atoms with Crippen molar-refractivity contribution in [1.29, 1.82) is 0 Å². The molecule has 0 N–H and O–H groups in total. The lowest BCUT2D eigenvalue weighted by Crippen LogP contribution is -2.14. The number of hydrogen-bond acceptors (Lipinski definition) is 5. The molecule has 1 aliphatic heterocycles. The van der Waals surface area contributed by atoms with Gasteiger partial charge in [-0.25, -0.2) is 0 Å². The van der Waals surface area contributed by atoms with Gasteiger partial charge in [-0.15, -0.1) is 0 Å². The SMILES string of the molecule is COC(=O)C[C@@H]1COc2cc(OCc3cccc(-c4c(C)cc(OCc5ccccc5)c5c4CC5)c3)ccc21. The standard InChI is InChI=1S/C34H32O5/c1-22-15-31(38-19-23-7-4-3-5-8-23)29-13-14-30(29)34(22)25-10-6-9-24(16-25)20-37-27-11-12-28-26(17-33(35)36-2)21-39-32(28)18-27/h3-12,15-16,18,26H,13-14,17,19-21H2,1-2H3/t26-/m1/s1. The summed E-state index contributed by atoms with van der Waals surface area (Å²) in [5.74, 6) is 2.33. The van der Waals surface area contributed by atoms with Crippen LogP contribution in [0, 0.1) is 6.92 Å². The molecule has 1 aliphatic carbocycles. The van der Waals surface area contributed by atoms with Crippen LogP contribution in [0.2, 0.25) is 0 Å². The molecule has 0 saturated carbocycles. The number of esters is 1. The zero-order chi connectivity index (χ0) is 26.8. The smallest absolute Gasteiger partial charge is 0.306 e. The van der Waals surface area contributed by atoms with E-state index in [1.165, 1.54) is 40.5 Å². The lowest BCUT2D eigenvalue weighted by Gasteiger charge is -2.28. The van der Waals surface area contributed by atoms with Crippen LogP contribution in [-0.4, -0.2) is 19.7 Å². The maximum Gasteiger partial charge on any atom is 0.306 e. The molecule has 0 radical (unpaired) electrons. The lowest BCUT2D eigenvalue weighted by atomic mass is 9.79. The minimum atomic E-state index is -0.226. The van der Waals surface area contributed by atoms with Crippen molar-refractivity contribution in [1.82, 2.24) is 0 Å². The first-order chi connectivity index (χ1) is 19.1. The summed E-state index contributed by atoms with van der Waals surface area (Å²) in [5, 5.41) is 0. The largest absolute Gasteiger partial charge is 0.492 e. The van der Waals surface area contributed by atoms with E-state index < -0.39 is 0 Å². The minimum Gasteiger partial charge on any atom is -0.492 e. The number of ether oxygens (including phenoxy) is 4. The van der Waals surface area contributed by atoms with Gasteiger partial charge in [-0.2, -0.15) is 0 Å². The molecule has 5 nitrogen and oxygen atoms in total. The molecule has 2 aliphatic rings. The third-order valence-electron chi connectivity index (χ3n) is 7.69. The van der Waals surface area contributed by atoms with E-state index in [4.69, 9.17) is 18.9 Å². The van der Waals surface area contributed by atoms with E-state index >= 15 is 0 Å². The van der Waals surface area contributed by atoms with Crippen LogP contribution in [-0.2, 0) is 35.6 Å². The predicted molar refractivity (Wildman–Crippen MR) is 150 cm³/mol. The molecule has 5 heteroatoms. The molecule has 0 saturated heterocycles. The molecule has 0 spiro atoms. The van der Waals surface area contributed by atoms with Crippen molar-refractivity contribution < 1.29 is 23.7 Å². The van der Waals surface area contributed by atoms with Gasteiger partial charge in [0.15, 0.2) is 0 Å². The van der Waals surface area contributed by atoms with E-state index in [1.54, 1.807) is 0 Å². The quantitative estimate of drug-likeness (QED) is 0.223. The van der Waals surface area contributed by atoms with Gasteiger partial charge in [0, 0.05) is 17.5 Å². The number of rotatable bonds is 9. The first kappa shape index (κ1) is 25.1. The van der Waals surface area contributed by atoms with Crippen LogP contribution in [0.1, 0.15) is 45.7 Å². The van der Waals surface area contributed by atoms with E-state index in [0.29, 0.717) is 26.2 Å². The highest BCUT2D eigenvalue weighted by Crippen LogP contribution is 2.42. The normalized spacial score (nSPS) is 15.0. The van der Waals surface area contributed by atoms with Gasteiger partial charge in [0.25, 0.3) is 0 Å². The molecule has 0 amide bonds. The Kier molecular flexibility index (Phi) is 6.97. The number of methoxy groups -OCH3 is 1. The van der Waals surface area contributed by atoms with E-state index in [-0.39, 0.29) is 11.9 Å². The summed E-state index contributed by atoms with van der Waals surface area (Å²) >= 11 is 0. The molecule has 198 valence electrons. The highest BCUT2D eigenvalue weighted by Gasteiger charge is 2.27. The maximum atomic E-state index is 11.7. The van der Waals surface area contributed by atoms with Crippen LogP contribution >= 0.6 is 0 Å². The van der Waals surface area contributed by atoms with E-state index in [1.807, 2.05) is 36.4 Å². The molecule has 39 heavy (non-hydrogen) atoms. The summed E-state index contributed by atoms with van der Waals surface area (Å²) < 4.78 is 23.0. The van der Waals surface area contributed by atoms with E-state index in [2.05, 4.69) is 49.4 Å². The van der Waals surface area contributed by atoms with Gasteiger partial charge in [-0.05, 0) is 76.9 Å². The van der Waals surface area contributed by atoms with E-state index in [0.717, 1.165) is 41.2 Å². The van der Waals surface area contributed by atoms with Crippen molar-refractivity contribution in [3.05, 3.63) is 112 Å². The minimum absolute atomic E-state index is 0.0224. The molecule has 1 atom stereocenters. The van der Waals surface area contributed by atoms with Crippen molar-refractivity contribution in [2.24, 2.45) is 0 Å². The number of carbonyl (C=O) groups is 1. The third-order valence-corrected chi connectivity index (χ3v) is 7.69. The Hall–Kier alpha value is -4.25. The summed E-state index contributed by atoms with van der Waals surface area (Å²) in [6, 6.07) is 27.0. The topological polar surface area (TPSA) is 54.0 Å². The second-order valence-electron chi connectivity index (χ2n) is 10.3. The summed E-state index contributed by atoms with van der Waals surface area (Å²) in [7, 11) is 1.41. The molecule has 1 heterocycles. The van der Waals surface area contributed by atoms with Crippen LogP contribution in [0.3, 0.4) is 0 Å². The average molecular weight is 521 g/mol. The van der Waals surface area contributed by atoms with Gasteiger partial charge in [-0.1, -0.05) is 54.6 Å². The van der Waals surface area contributed by atoms with Gasteiger partial charge >= 0.3 is 5.97 Å². The third kappa shape index (κ3) is 5.22. The monoisotopic (exact) mass is 520 g/mol. The molecular weight excluding hydrogens is 488 g/mol. The molecule has 0 unspecified atom stereocenters. The van der Waals surface area contributed by atoms with Crippen LogP contribution in [0.5, 0.6) is 17.2 Å². The Morgan fingerprint density at radius 2 is 1.67 bits per heavy atom. The summed E-state index contributed by atoms with van der Waals surface area (Å²) in [5.41, 5.74) is 9.79. The van der Waals surface area contributed by atoms with Gasteiger partial charge in [-0.3, -0.25) is 4.79 Å². The van der Waals surface area contributed by atoms with E-state index in [9.17, 15) is 4.79 Å². The summed E-state index contributed by atoms with van der Waals surface area (Å²) in [6.45, 7) is 3.69. The highest BCUT2D eigenvalue weighted by atomic mass is 16.5. The van der Waals surface area contributed by atoms with Gasteiger partial charge in [0.1, 0.15) is 30.5 Å². The Bertz CT molecular complexity index is 1510. The van der Waals surface area contributed by atoms with Gasteiger partial charge < -0.3 is 18.9 Å². The molecule has 4 aromatic rings. The van der Waals surface area contributed by atoms with Gasteiger partial charge in [0.2, 0.25) is 0 Å². The zero-order valence-corrected chi connectivity index (χ0v) is 22.4. The molecular formula is C34H32O5. The van der Waals surface area contributed by atoms with Crippen molar-refractivity contribution >= 4 is 5.97 Å². The lowest BCUT2D eigenvalue weighted by molar-refractivity contribution is -0.141. The fourth-order valence-corrected chi connectivity index (χ4v) is 5.57. The van der Waals surface area contributed by atoms with Crippen LogP contribution in [0.15, 0.2) is 78.9 Å². The molecule has 0 bridgehead atoms. The van der Waals surface area contributed by atoms with Crippen LogP contribution in [0.4, 0.5) is 0 Å². The zero-order valence-electron chi connectivity index (χ0n) is 22.4. The molecule has 6 rings (SSSR count). The number of hydrogen-bond donors (Lipinski definition) is 0. The highest BCUT2D eigenvalue weighted by molar-refractivity contribution is 5.76. The first-order valence-electron chi connectivity index (χ1n) is 13.5. The Morgan fingerprint density at radius 3 is 2.46 bits per heavy atom. The molecule has 4 aromatic carbocycles. The van der Waals surface area contributed by atoms with Crippen molar-refractivity contribution in [2.75, 3.05) is 13.7 Å². The van der Waals surface area contributed by atoms with Gasteiger partial charge in [0.05, 0.1) is 20.1 Å². The number of aryl methyl sites for hydroxylation is 1. The van der Waals surface area contributed by atoms with Crippen molar-refractivity contribution in [3.63, 3.8) is 0 Å². The Labute approximate surface area is 229 Å². The molecule has 0 aromatic heterocycles. The second kappa shape index (κ2) is 10.9. The first-order valence-corrected chi connectivity index (χ1v) is 13.5. The maximum absolute atomic E-state index is 11.7. The summed E-state index contributed by atoms with van der Waals surface area (Å²) in [4.78, 5) is 11.7. The Balaban J connectivity index is 1.15. The fourth-order valence-electron chi connectivity index (χ4n) is 5.57. The predicted octanol–water partition coefficient (Wildman–Crippen LogP) is 6.96. The van der Waals surface area contributed by atoms with Crippen molar-refractivity contribution in [2.45, 2.75) is 45.3 Å². The number of fused-ring (bicyclic) bond motifs is 2. The summed E-state index contributed by atoms with van der Waals surface area (Å²) in [6.07, 6.45) is 2.44. The average Bonchev–Trinajstić information content (AvgIpc) is 3.34. The number of benzene rings is 4. The Morgan fingerprint density at radius 1 is 0.872 bits per heavy atom. The fraction of sp³-hybridized carbons (Fsp3) is 0.265. The molecule has 0 fully saturated rings.